The monoisotopic (exact) mass is 274 g/mol. The van der Waals surface area contributed by atoms with Crippen LogP contribution in [0.3, 0.4) is 0 Å². The molecule has 0 atom stereocenters. The molecule has 0 saturated carbocycles. The quantitative estimate of drug-likeness (QED) is 0.420. The predicted octanol–water partition coefficient (Wildman–Crippen LogP) is 3.62. The molecule has 0 fully saturated rings. The van der Waals surface area contributed by atoms with Crippen LogP contribution < -0.4 is 0 Å². The van der Waals surface area contributed by atoms with Gasteiger partial charge in [0.15, 0.2) is 0 Å². The van der Waals surface area contributed by atoms with Crippen LogP contribution in [0.2, 0.25) is 0 Å². The van der Waals surface area contributed by atoms with Crippen molar-refractivity contribution in [3.8, 4) is 0 Å². The second-order valence-electron chi connectivity index (χ2n) is 3.58. The number of rotatable bonds is 6. The van der Waals surface area contributed by atoms with Crippen LogP contribution in [0.25, 0.3) is 0 Å². The molecule has 0 aromatic carbocycles. The third kappa shape index (κ3) is 9.73. The van der Waals surface area contributed by atoms with Crippen molar-refractivity contribution in [1.82, 2.24) is 0 Å². The highest BCUT2D eigenvalue weighted by atomic mass is 79.9. The van der Waals surface area contributed by atoms with Crippen molar-refractivity contribution in [2.75, 3.05) is 11.9 Å². The molecule has 15 heavy (non-hydrogen) atoms. The minimum Gasteiger partial charge on any atom is -0.462 e. The van der Waals surface area contributed by atoms with Gasteiger partial charge in [0, 0.05) is 12.3 Å². The highest BCUT2D eigenvalue weighted by Gasteiger charge is 1.92. The molecule has 86 valence electrons. The number of ether oxygens (including phenoxy) is 1. The Hall–Kier alpha value is -0.570. The van der Waals surface area contributed by atoms with Gasteiger partial charge < -0.3 is 4.74 Å². The van der Waals surface area contributed by atoms with Gasteiger partial charge in [0.25, 0.3) is 0 Å². The maximum atomic E-state index is 10.5. The smallest absolute Gasteiger partial charge is 0.302 e. The van der Waals surface area contributed by atoms with Gasteiger partial charge >= 0.3 is 5.97 Å². The number of hydrogen-bond acceptors (Lipinski definition) is 2. The first-order valence-corrected chi connectivity index (χ1v) is 6.19. The van der Waals surface area contributed by atoms with Crippen LogP contribution in [0.4, 0.5) is 0 Å². The summed E-state index contributed by atoms with van der Waals surface area (Å²) >= 11 is 3.40. The SMILES string of the molecule is CC(=O)OC/C=C(\C)CC/C=C(\C)CBr. The van der Waals surface area contributed by atoms with Crippen molar-refractivity contribution in [3.63, 3.8) is 0 Å². The van der Waals surface area contributed by atoms with Gasteiger partial charge in [-0.25, -0.2) is 0 Å². The van der Waals surface area contributed by atoms with Crippen molar-refractivity contribution >= 4 is 21.9 Å². The Balaban J connectivity index is 3.73. The molecule has 3 heteroatoms. The summed E-state index contributed by atoms with van der Waals surface area (Å²) in [6.45, 7) is 5.97. The summed E-state index contributed by atoms with van der Waals surface area (Å²) in [5.41, 5.74) is 2.61. The summed E-state index contributed by atoms with van der Waals surface area (Å²) in [7, 11) is 0. The molecule has 0 aromatic rings. The summed E-state index contributed by atoms with van der Waals surface area (Å²) in [6.07, 6.45) is 6.24. The standard InChI is InChI=1S/C12H19BrO2/c1-10(7-8-15-12(3)14)5-4-6-11(2)9-13/h6-7H,4-5,8-9H2,1-3H3/b10-7+,11-6+. The third-order valence-corrected chi connectivity index (χ3v) is 2.85. The van der Waals surface area contributed by atoms with E-state index in [0.29, 0.717) is 6.61 Å². The van der Waals surface area contributed by atoms with Gasteiger partial charge in [-0.15, -0.1) is 0 Å². The van der Waals surface area contributed by atoms with Crippen molar-refractivity contribution in [2.45, 2.75) is 33.6 Å². The van der Waals surface area contributed by atoms with Gasteiger partial charge in [-0.3, -0.25) is 4.79 Å². The fraction of sp³-hybridized carbons (Fsp3) is 0.583. The molecular formula is C12H19BrO2. The maximum absolute atomic E-state index is 10.5. The first-order valence-electron chi connectivity index (χ1n) is 5.07. The lowest BCUT2D eigenvalue weighted by Crippen LogP contribution is -1.98. The highest BCUT2D eigenvalue weighted by molar-refractivity contribution is 9.09. The molecule has 0 amide bonds. The Bertz CT molecular complexity index is 254. The van der Waals surface area contributed by atoms with Crippen LogP contribution in [-0.2, 0) is 9.53 Å². The molecule has 0 rings (SSSR count). The molecule has 0 heterocycles. The first kappa shape index (κ1) is 14.4. The lowest BCUT2D eigenvalue weighted by Gasteiger charge is -2.00. The number of alkyl halides is 1. The van der Waals surface area contributed by atoms with E-state index < -0.39 is 0 Å². The molecule has 0 aliphatic heterocycles. The molecule has 2 nitrogen and oxygen atoms in total. The largest absolute Gasteiger partial charge is 0.462 e. The second-order valence-corrected chi connectivity index (χ2v) is 4.14. The molecule has 0 spiro atoms. The average Bonchev–Trinajstić information content (AvgIpc) is 2.17. The zero-order valence-corrected chi connectivity index (χ0v) is 11.3. The molecule has 0 saturated heterocycles. The summed E-state index contributed by atoms with van der Waals surface area (Å²) < 4.78 is 4.82. The highest BCUT2D eigenvalue weighted by Crippen LogP contribution is 2.07. The topological polar surface area (TPSA) is 26.3 Å². The number of allylic oxidation sites excluding steroid dienone is 3. The van der Waals surface area contributed by atoms with Gasteiger partial charge in [0.1, 0.15) is 6.61 Å². The van der Waals surface area contributed by atoms with Crippen LogP contribution >= 0.6 is 15.9 Å². The van der Waals surface area contributed by atoms with Gasteiger partial charge in [0.05, 0.1) is 0 Å². The van der Waals surface area contributed by atoms with E-state index in [1.807, 2.05) is 6.08 Å². The Morgan fingerprint density at radius 2 is 1.87 bits per heavy atom. The normalized spacial score (nSPS) is 12.8. The molecule has 0 unspecified atom stereocenters. The summed E-state index contributed by atoms with van der Waals surface area (Å²) in [5.74, 6) is -0.228. The molecule has 0 aliphatic rings. The van der Waals surface area contributed by atoms with Crippen molar-refractivity contribution in [1.29, 1.82) is 0 Å². The third-order valence-electron chi connectivity index (χ3n) is 1.96. The zero-order valence-electron chi connectivity index (χ0n) is 9.68. The average molecular weight is 275 g/mol. The predicted molar refractivity (Wildman–Crippen MR) is 67.2 cm³/mol. The van der Waals surface area contributed by atoms with Crippen LogP contribution in [0.5, 0.6) is 0 Å². The molecule has 0 N–H and O–H groups in total. The number of halogens is 1. The van der Waals surface area contributed by atoms with Crippen molar-refractivity contribution in [2.24, 2.45) is 0 Å². The van der Waals surface area contributed by atoms with E-state index in [-0.39, 0.29) is 5.97 Å². The van der Waals surface area contributed by atoms with Gasteiger partial charge in [0.2, 0.25) is 0 Å². The Morgan fingerprint density at radius 1 is 1.20 bits per heavy atom. The summed E-state index contributed by atoms with van der Waals surface area (Å²) in [6, 6.07) is 0. The van der Waals surface area contributed by atoms with Crippen molar-refractivity contribution < 1.29 is 9.53 Å². The van der Waals surface area contributed by atoms with Gasteiger partial charge in [-0.05, 0) is 32.8 Å². The summed E-state index contributed by atoms with van der Waals surface area (Å²) in [4.78, 5) is 10.5. The lowest BCUT2D eigenvalue weighted by atomic mass is 10.1. The number of esters is 1. The molecule has 0 bridgehead atoms. The molecular weight excluding hydrogens is 256 g/mol. The van der Waals surface area contributed by atoms with E-state index in [1.165, 1.54) is 18.1 Å². The van der Waals surface area contributed by atoms with E-state index in [4.69, 9.17) is 4.74 Å². The van der Waals surface area contributed by atoms with E-state index >= 15 is 0 Å². The molecule has 0 aromatic heterocycles. The second kappa shape index (κ2) is 8.72. The van der Waals surface area contributed by atoms with Crippen LogP contribution in [-0.4, -0.2) is 17.9 Å². The fourth-order valence-electron chi connectivity index (χ4n) is 1.00. The maximum Gasteiger partial charge on any atom is 0.302 e. The Labute approximate surface area is 101 Å². The van der Waals surface area contributed by atoms with Gasteiger partial charge in [-0.2, -0.15) is 0 Å². The summed E-state index contributed by atoms with van der Waals surface area (Å²) in [5, 5.41) is 0.934. The molecule has 0 radical (unpaired) electrons. The fourth-order valence-corrected chi connectivity index (χ4v) is 1.23. The number of carbonyl (C=O) groups is 1. The number of hydrogen-bond donors (Lipinski definition) is 0. The van der Waals surface area contributed by atoms with Crippen LogP contribution in [0.15, 0.2) is 23.3 Å². The molecule has 0 aliphatic carbocycles. The Morgan fingerprint density at radius 3 is 2.40 bits per heavy atom. The van der Waals surface area contributed by atoms with E-state index in [9.17, 15) is 4.79 Å². The lowest BCUT2D eigenvalue weighted by molar-refractivity contribution is -0.139. The number of carbonyl (C=O) groups excluding carboxylic acids is 1. The zero-order chi connectivity index (χ0) is 11.7. The minimum absolute atomic E-state index is 0.228. The Kier molecular flexibility index (Phi) is 8.38. The minimum atomic E-state index is -0.228. The van der Waals surface area contributed by atoms with E-state index in [0.717, 1.165) is 18.2 Å². The van der Waals surface area contributed by atoms with E-state index in [2.05, 4.69) is 35.9 Å². The van der Waals surface area contributed by atoms with Crippen LogP contribution in [0, 0.1) is 0 Å². The van der Waals surface area contributed by atoms with E-state index in [1.54, 1.807) is 0 Å². The van der Waals surface area contributed by atoms with Crippen LogP contribution in [0.1, 0.15) is 33.6 Å². The first-order chi connectivity index (χ1) is 7.06. The van der Waals surface area contributed by atoms with Crippen molar-refractivity contribution in [3.05, 3.63) is 23.3 Å². The van der Waals surface area contributed by atoms with Gasteiger partial charge in [-0.1, -0.05) is 33.2 Å².